The van der Waals surface area contributed by atoms with E-state index in [1.165, 1.54) is 18.3 Å². The number of rotatable bonds is 1. The van der Waals surface area contributed by atoms with Crippen molar-refractivity contribution in [1.29, 1.82) is 0 Å². The molecule has 2 heterocycles. The largest absolute Gasteiger partial charge is 0.504 e. The predicted octanol–water partition coefficient (Wildman–Crippen LogP) is -0.501. The van der Waals surface area contributed by atoms with Crippen molar-refractivity contribution in [2.24, 2.45) is 5.73 Å². The van der Waals surface area contributed by atoms with E-state index in [2.05, 4.69) is 4.98 Å². The number of nitrogens with zero attached hydrogens (tertiary/aromatic N) is 2. The van der Waals surface area contributed by atoms with Gasteiger partial charge in [0.25, 0.3) is 11.5 Å². The Labute approximate surface area is 83.6 Å². The number of hydrogen-bond donors (Lipinski definition) is 2. The second-order valence-electron chi connectivity index (χ2n) is 2.93. The molecule has 76 valence electrons. The molecule has 0 radical (unpaired) electrons. The number of primary amides is 1. The van der Waals surface area contributed by atoms with E-state index in [1.807, 2.05) is 0 Å². The van der Waals surface area contributed by atoms with E-state index in [-0.39, 0.29) is 17.0 Å². The fourth-order valence-electron chi connectivity index (χ4n) is 1.26. The van der Waals surface area contributed by atoms with E-state index in [1.54, 1.807) is 0 Å². The normalized spacial score (nSPS) is 10.4. The lowest BCUT2D eigenvalue weighted by molar-refractivity contribution is 0.0998. The van der Waals surface area contributed by atoms with Crippen LogP contribution in [0, 0.1) is 0 Å². The lowest BCUT2D eigenvalue weighted by Gasteiger charge is -2.02. The molecule has 15 heavy (non-hydrogen) atoms. The molecule has 0 unspecified atom stereocenters. The van der Waals surface area contributed by atoms with Crippen molar-refractivity contribution in [1.82, 2.24) is 9.38 Å². The summed E-state index contributed by atoms with van der Waals surface area (Å²) in [5, 5.41) is 9.39. The van der Waals surface area contributed by atoms with Gasteiger partial charge in [0, 0.05) is 12.4 Å². The van der Waals surface area contributed by atoms with E-state index in [0.717, 1.165) is 10.6 Å². The monoisotopic (exact) mass is 205 g/mol. The van der Waals surface area contributed by atoms with Gasteiger partial charge in [0.15, 0.2) is 11.4 Å². The Kier molecular flexibility index (Phi) is 1.89. The van der Waals surface area contributed by atoms with Crippen molar-refractivity contribution >= 4 is 11.6 Å². The van der Waals surface area contributed by atoms with Gasteiger partial charge in [0.05, 0.1) is 0 Å². The molecule has 0 bridgehead atoms. The Hall–Kier alpha value is -2.37. The van der Waals surface area contributed by atoms with Crippen LogP contribution in [0.3, 0.4) is 0 Å². The third-order valence-corrected chi connectivity index (χ3v) is 1.98. The average Bonchev–Trinajstić information content (AvgIpc) is 2.19. The van der Waals surface area contributed by atoms with Crippen LogP contribution in [0.25, 0.3) is 5.65 Å². The maximum atomic E-state index is 11.6. The molecule has 0 aliphatic carbocycles. The summed E-state index contributed by atoms with van der Waals surface area (Å²) in [6, 6.07) is 2.86. The molecule has 6 heteroatoms. The van der Waals surface area contributed by atoms with Gasteiger partial charge in [0.2, 0.25) is 0 Å². The summed E-state index contributed by atoms with van der Waals surface area (Å²) in [4.78, 5) is 26.3. The van der Waals surface area contributed by atoms with Crippen molar-refractivity contribution in [3.05, 3.63) is 40.4 Å². The minimum absolute atomic E-state index is 0.0903. The Morgan fingerprint density at radius 2 is 2.27 bits per heavy atom. The topological polar surface area (TPSA) is 97.7 Å². The highest BCUT2D eigenvalue weighted by atomic mass is 16.3. The summed E-state index contributed by atoms with van der Waals surface area (Å²) in [6.07, 6.45) is 2.45. The number of aromatic nitrogens is 2. The first-order chi connectivity index (χ1) is 7.11. The van der Waals surface area contributed by atoms with Gasteiger partial charge in [-0.2, -0.15) is 0 Å². The molecule has 0 aliphatic heterocycles. The quantitative estimate of drug-likeness (QED) is 0.655. The Bertz CT molecular complexity index is 603. The number of hydrogen-bond acceptors (Lipinski definition) is 4. The van der Waals surface area contributed by atoms with Gasteiger partial charge in [-0.1, -0.05) is 0 Å². The minimum Gasteiger partial charge on any atom is -0.504 e. The first-order valence-electron chi connectivity index (χ1n) is 4.10. The smallest absolute Gasteiger partial charge is 0.270 e. The molecule has 0 saturated carbocycles. The SMILES string of the molecule is NC(=O)c1cnc2c(O)cccn2c1=O. The molecule has 0 saturated heterocycles. The van der Waals surface area contributed by atoms with E-state index in [4.69, 9.17) is 5.73 Å². The van der Waals surface area contributed by atoms with Gasteiger partial charge in [0.1, 0.15) is 5.56 Å². The van der Waals surface area contributed by atoms with Crippen LogP contribution in [0.15, 0.2) is 29.3 Å². The summed E-state index contributed by atoms with van der Waals surface area (Å²) in [5.74, 6) is -0.976. The van der Waals surface area contributed by atoms with E-state index in [0.29, 0.717) is 0 Å². The molecular formula is C9H7N3O3. The Morgan fingerprint density at radius 1 is 1.53 bits per heavy atom. The third kappa shape index (κ3) is 1.32. The number of carbonyl (C=O) groups excluding carboxylic acids is 1. The van der Waals surface area contributed by atoms with Crippen LogP contribution in [0.5, 0.6) is 5.75 Å². The van der Waals surface area contributed by atoms with Gasteiger partial charge >= 0.3 is 0 Å². The van der Waals surface area contributed by atoms with Crippen molar-refractivity contribution < 1.29 is 9.90 Å². The van der Waals surface area contributed by atoms with Gasteiger partial charge in [-0.15, -0.1) is 0 Å². The molecule has 1 amide bonds. The molecule has 2 aromatic rings. The minimum atomic E-state index is -0.842. The average molecular weight is 205 g/mol. The van der Waals surface area contributed by atoms with Crippen LogP contribution < -0.4 is 11.3 Å². The van der Waals surface area contributed by atoms with Gasteiger partial charge in [-0.05, 0) is 12.1 Å². The summed E-state index contributed by atoms with van der Waals surface area (Å²) in [5.41, 5.74) is 4.28. The van der Waals surface area contributed by atoms with Gasteiger partial charge in [-0.25, -0.2) is 4.98 Å². The van der Waals surface area contributed by atoms with Crippen molar-refractivity contribution in [3.63, 3.8) is 0 Å². The predicted molar refractivity (Wildman–Crippen MR) is 51.6 cm³/mol. The maximum Gasteiger partial charge on any atom is 0.270 e. The molecule has 3 N–H and O–H groups in total. The number of carbonyl (C=O) groups is 1. The van der Waals surface area contributed by atoms with Crippen LogP contribution in [0.2, 0.25) is 0 Å². The van der Waals surface area contributed by atoms with Crippen molar-refractivity contribution in [2.45, 2.75) is 0 Å². The molecule has 0 spiro atoms. The lowest BCUT2D eigenvalue weighted by atomic mass is 10.3. The lowest BCUT2D eigenvalue weighted by Crippen LogP contribution is -2.26. The second-order valence-corrected chi connectivity index (χ2v) is 2.93. The fraction of sp³-hybridized carbons (Fsp3) is 0. The Morgan fingerprint density at radius 3 is 2.93 bits per heavy atom. The zero-order valence-electron chi connectivity index (χ0n) is 7.54. The maximum absolute atomic E-state index is 11.6. The fourth-order valence-corrected chi connectivity index (χ4v) is 1.26. The molecule has 0 aromatic carbocycles. The number of pyridine rings is 1. The zero-order valence-corrected chi connectivity index (χ0v) is 7.54. The van der Waals surface area contributed by atoms with Crippen molar-refractivity contribution in [3.8, 4) is 5.75 Å². The highest BCUT2D eigenvalue weighted by Crippen LogP contribution is 2.12. The first-order valence-corrected chi connectivity index (χ1v) is 4.10. The number of fused-ring (bicyclic) bond motifs is 1. The molecule has 2 rings (SSSR count). The zero-order chi connectivity index (χ0) is 11.0. The van der Waals surface area contributed by atoms with Crippen LogP contribution >= 0.6 is 0 Å². The van der Waals surface area contributed by atoms with Gasteiger partial charge < -0.3 is 10.8 Å². The van der Waals surface area contributed by atoms with Crippen LogP contribution in [-0.2, 0) is 0 Å². The number of aromatic hydroxyl groups is 1. The molecular weight excluding hydrogens is 198 g/mol. The van der Waals surface area contributed by atoms with E-state index >= 15 is 0 Å². The molecule has 6 nitrogen and oxygen atoms in total. The molecule has 2 aromatic heterocycles. The van der Waals surface area contributed by atoms with E-state index < -0.39 is 11.5 Å². The molecule has 0 aliphatic rings. The molecule has 0 fully saturated rings. The van der Waals surface area contributed by atoms with Crippen LogP contribution in [0.4, 0.5) is 0 Å². The third-order valence-electron chi connectivity index (χ3n) is 1.98. The standard InChI is InChI=1S/C9H7N3O3/c10-7(14)5-4-11-8-6(13)2-1-3-12(8)9(5)15/h1-4,13H,(H2,10,14). The van der Waals surface area contributed by atoms with E-state index in [9.17, 15) is 14.7 Å². The Balaban J connectivity index is 2.92. The summed E-state index contributed by atoms with van der Waals surface area (Å²) >= 11 is 0. The molecule has 0 atom stereocenters. The summed E-state index contributed by atoms with van der Waals surface area (Å²) in [7, 11) is 0. The van der Waals surface area contributed by atoms with Crippen LogP contribution in [-0.4, -0.2) is 20.4 Å². The highest BCUT2D eigenvalue weighted by molar-refractivity contribution is 5.92. The van der Waals surface area contributed by atoms with Crippen LogP contribution in [0.1, 0.15) is 10.4 Å². The second kappa shape index (κ2) is 3.09. The number of nitrogens with two attached hydrogens (primary N) is 1. The summed E-state index contributed by atoms with van der Waals surface area (Å²) < 4.78 is 1.06. The van der Waals surface area contributed by atoms with Crippen molar-refractivity contribution in [2.75, 3.05) is 0 Å². The number of amides is 1. The first kappa shape index (κ1) is 9.20. The van der Waals surface area contributed by atoms with Gasteiger partial charge in [-0.3, -0.25) is 14.0 Å². The summed E-state index contributed by atoms with van der Waals surface area (Å²) in [6.45, 7) is 0. The highest BCUT2D eigenvalue weighted by Gasteiger charge is 2.10.